The molecule has 5 nitrogen and oxygen atoms in total. The number of benzene rings is 2. The molecule has 6 heteroatoms. The molecule has 1 aromatic heterocycles. The lowest BCUT2D eigenvalue weighted by Gasteiger charge is -2.11. The molecular formula is C21H23N3O2S. The van der Waals surface area contributed by atoms with E-state index in [1.165, 1.54) is 11.8 Å². The Labute approximate surface area is 160 Å². The maximum atomic E-state index is 12.5. The van der Waals surface area contributed by atoms with Crippen molar-refractivity contribution in [2.45, 2.75) is 31.6 Å². The lowest BCUT2D eigenvalue weighted by Crippen LogP contribution is -2.13. The fourth-order valence-electron chi connectivity index (χ4n) is 2.62. The summed E-state index contributed by atoms with van der Waals surface area (Å²) in [6, 6.07) is 18.4. The van der Waals surface area contributed by atoms with E-state index in [0.29, 0.717) is 17.4 Å². The highest BCUT2D eigenvalue weighted by molar-refractivity contribution is 7.92. The largest absolute Gasteiger partial charge is 0.340 e. The van der Waals surface area contributed by atoms with Crippen molar-refractivity contribution >= 4 is 27.2 Å². The highest BCUT2D eigenvalue weighted by Gasteiger charge is 2.14. The minimum atomic E-state index is -3.63. The van der Waals surface area contributed by atoms with Gasteiger partial charge in [-0.15, -0.1) is 0 Å². The quantitative estimate of drug-likeness (QED) is 0.626. The van der Waals surface area contributed by atoms with Gasteiger partial charge in [-0.1, -0.05) is 38.1 Å². The van der Waals surface area contributed by atoms with Crippen LogP contribution in [-0.4, -0.2) is 13.4 Å². The molecule has 3 aromatic rings. The van der Waals surface area contributed by atoms with Crippen LogP contribution in [0.25, 0.3) is 0 Å². The summed E-state index contributed by atoms with van der Waals surface area (Å²) in [6.07, 6.45) is 1.50. The molecule has 0 spiro atoms. The van der Waals surface area contributed by atoms with Crippen LogP contribution < -0.4 is 10.0 Å². The first-order valence-electron chi connectivity index (χ1n) is 8.76. The molecule has 0 bridgehead atoms. The number of aromatic nitrogens is 1. The van der Waals surface area contributed by atoms with Gasteiger partial charge in [-0.25, -0.2) is 13.4 Å². The zero-order valence-electron chi connectivity index (χ0n) is 15.6. The molecule has 140 valence electrons. The van der Waals surface area contributed by atoms with Gasteiger partial charge in [0.25, 0.3) is 10.0 Å². The SMILES string of the molecule is Cc1cccc(S(=O)(=O)Nc2ccc(Nc3ccc(C(C)C)cc3)nc2)c1. The Morgan fingerprint density at radius 2 is 1.63 bits per heavy atom. The molecule has 0 unspecified atom stereocenters. The molecule has 0 aliphatic heterocycles. The Bertz CT molecular complexity index is 1010. The first-order valence-corrected chi connectivity index (χ1v) is 10.2. The molecule has 0 saturated heterocycles. The van der Waals surface area contributed by atoms with E-state index in [2.05, 4.69) is 41.0 Å². The van der Waals surface area contributed by atoms with Gasteiger partial charge in [-0.2, -0.15) is 0 Å². The molecule has 2 aromatic carbocycles. The van der Waals surface area contributed by atoms with Gasteiger partial charge in [0.2, 0.25) is 0 Å². The Kier molecular flexibility index (Phi) is 5.46. The number of nitrogens with zero attached hydrogens (tertiary/aromatic N) is 1. The average molecular weight is 382 g/mol. The van der Waals surface area contributed by atoms with Crippen molar-refractivity contribution in [2.75, 3.05) is 10.0 Å². The second-order valence-electron chi connectivity index (χ2n) is 6.76. The van der Waals surface area contributed by atoms with Crippen molar-refractivity contribution in [3.8, 4) is 0 Å². The Morgan fingerprint density at radius 3 is 2.22 bits per heavy atom. The fraction of sp³-hybridized carbons (Fsp3) is 0.190. The maximum absolute atomic E-state index is 12.5. The van der Waals surface area contributed by atoms with Crippen LogP contribution in [0.5, 0.6) is 0 Å². The number of aryl methyl sites for hydroxylation is 1. The van der Waals surface area contributed by atoms with Gasteiger partial charge in [0.1, 0.15) is 5.82 Å². The van der Waals surface area contributed by atoms with Crippen molar-refractivity contribution in [1.82, 2.24) is 4.98 Å². The third kappa shape index (κ3) is 4.86. The van der Waals surface area contributed by atoms with E-state index in [1.54, 1.807) is 30.3 Å². The van der Waals surface area contributed by atoms with E-state index in [9.17, 15) is 8.42 Å². The zero-order chi connectivity index (χ0) is 19.4. The number of hydrogen-bond donors (Lipinski definition) is 2. The second-order valence-corrected chi connectivity index (χ2v) is 8.44. The summed E-state index contributed by atoms with van der Waals surface area (Å²) in [5.74, 6) is 1.13. The second kappa shape index (κ2) is 7.80. The lowest BCUT2D eigenvalue weighted by molar-refractivity contribution is 0.601. The predicted molar refractivity (Wildman–Crippen MR) is 110 cm³/mol. The highest BCUT2D eigenvalue weighted by atomic mass is 32.2. The molecule has 0 radical (unpaired) electrons. The van der Waals surface area contributed by atoms with Crippen molar-refractivity contribution in [1.29, 1.82) is 0 Å². The summed E-state index contributed by atoms with van der Waals surface area (Å²) in [7, 11) is -3.63. The molecule has 0 atom stereocenters. The molecule has 0 amide bonds. The summed E-state index contributed by atoms with van der Waals surface area (Å²) < 4.78 is 27.5. The summed E-state index contributed by atoms with van der Waals surface area (Å²) in [5, 5.41) is 3.21. The lowest BCUT2D eigenvalue weighted by atomic mass is 10.0. The van der Waals surface area contributed by atoms with Crippen LogP contribution in [0.1, 0.15) is 30.9 Å². The molecule has 0 aliphatic rings. The number of hydrogen-bond acceptors (Lipinski definition) is 4. The zero-order valence-corrected chi connectivity index (χ0v) is 16.4. The first-order chi connectivity index (χ1) is 12.8. The normalized spacial score (nSPS) is 11.4. The van der Waals surface area contributed by atoms with Crippen LogP contribution in [0.4, 0.5) is 17.2 Å². The van der Waals surface area contributed by atoms with Gasteiger partial charge in [-0.05, 0) is 60.4 Å². The standard InChI is InChI=1S/C21H23N3O2S/c1-15(2)17-7-9-18(10-8-17)23-21-12-11-19(14-22-21)24-27(25,26)20-6-4-5-16(3)13-20/h4-15,24H,1-3H3,(H,22,23). The van der Waals surface area contributed by atoms with E-state index in [0.717, 1.165) is 11.3 Å². The van der Waals surface area contributed by atoms with Crippen LogP contribution in [0.15, 0.2) is 71.8 Å². The van der Waals surface area contributed by atoms with Gasteiger partial charge in [0.05, 0.1) is 16.8 Å². The van der Waals surface area contributed by atoms with Crippen molar-refractivity contribution < 1.29 is 8.42 Å². The van der Waals surface area contributed by atoms with Crippen molar-refractivity contribution in [2.24, 2.45) is 0 Å². The topological polar surface area (TPSA) is 71.1 Å². The van der Waals surface area contributed by atoms with Gasteiger partial charge in [-0.3, -0.25) is 4.72 Å². The first kappa shape index (κ1) is 18.9. The Balaban J connectivity index is 1.70. The summed E-state index contributed by atoms with van der Waals surface area (Å²) >= 11 is 0. The maximum Gasteiger partial charge on any atom is 0.261 e. The number of nitrogens with one attached hydrogen (secondary N) is 2. The third-order valence-corrected chi connectivity index (χ3v) is 5.54. The van der Waals surface area contributed by atoms with Crippen LogP contribution >= 0.6 is 0 Å². The van der Waals surface area contributed by atoms with Crippen molar-refractivity contribution in [3.05, 3.63) is 78.0 Å². The number of rotatable bonds is 6. The molecule has 1 heterocycles. The van der Waals surface area contributed by atoms with Crippen molar-refractivity contribution in [3.63, 3.8) is 0 Å². The molecule has 0 aliphatic carbocycles. The van der Waals surface area contributed by atoms with E-state index >= 15 is 0 Å². The van der Waals surface area contributed by atoms with E-state index in [1.807, 2.05) is 25.1 Å². The minimum absolute atomic E-state index is 0.231. The average Bonchev–Trinajstić information content (AvgIpc) is 2.63. The predicted octanol–water partition coefficient (Wildman–Crippen LogP) is 5.06. The van der Waals surface area contributed by atoms with Crippen LogP contribution in [0, 0.1) is 6.92 Å². The Hall–Kier alpha value is -2.86. The molecular weight excluding hydrogens is 358 g/mol. The summed E-state index contributed by atoms with van der Waals surface area (Å²) in [6.45, 7) is 6.16. The monoisotopic (exact) mass is 381 g/mol. The number of anilines is 3. The molecule has 0 fully saturated rings. The van der Waals surface area contributed by atoms with Crippen LogP contribution in [-0.2, 0) is 10.0 Å². The molecule has 2 N–H and O–H groups in total. The summed E-state index contributed by atoms with van der Waals surface area (Å²) in [4.78, 5) is 4.52. The Morgan fingerprint density at radius 1 is 0.926 bits per heavy atom. The van der Waals surface area contributed by atoms with E-state index in [4.69, 9.17) is 0 Å². The minimum Gasteiger partial charge on any atom is -0.340 e. The van der Waals surface area contributed by atoms with Gasteiger partial charge >= 0.3 is 0 Å². The third-order valence-electron chi connectivity index (χ3n) is 4.17. The highest BCUT2D eigenvalue weighted by Crippen LogP contribution is 2.21. The number of pyridine rings is 1. The van der Waals surface area contributed by atoms with Crippen LogP contribution in [0.2, 0.25) is 0 Å². The molecule has 0 saturated carbocycles. The molecule has 27 heavy (non-hydrogen) atoms. The number of sulfonamides is 1. The van der Waals surface area contributed by atoms with E-state index in [-0.39, 0.29) is 4.90 Å². The summed E-state index contributed by atoms with van der Waals surface area (Å²) in [5.41, 5.74) is 3.51. The smallest absolute Gasteiger partial charge is 0.261 e. The molecule has 3 rings (SSSR count). The van der Waals surface area contributed by atoms with Crippen LogP contribution in [0.3, 0.4) is 0 Å². The van der Waals surface area contributed by atoms with Gasteiger partial charge < -0.3 is 5.32 Å². The fourth-order valence-corrected chi connectivity index (χ4v) is 3.77. The van der Waals surface area contributed by atoms with Gasteiger partial charge in [0, 0.05) is 5.69 Å². The van der Waals surface area contributed by atoms with E-state index < -0.39 is 10.0 Å². The van der Waals surface area contributed by atoms with Gasteiger partial charge in [0.15, 0.2) is 0 Å².